The van der Waals surface area contributed by atoms with Crippen molar-refractivity contribution >= 4 is 23.4 Å². The van der Waals surface area contributed by atoms with Crippen LogP contribution in [0.25, 0.3) is 0 Å². The molecule has 1 aromatic rings. The van der Waals surface area contributed by atoms with E-state index in [4.69, 9.17) is 23.1 Å². The maximum absolute atomic E-state index is 5.86. The zero-order valence-electron chi connectivity index (χ0n) is 9.69. The van der Waals surface area contributed by atoms with Gasteiger partial charge >= 0.3 is 0 Å². The van der Waals surface area contributed by atoms with Crippen molar-refractivity contribution in [3.05, 3.63) is 11.2 Å². The number of nitrogens with two attached hydrogens (primary N) is 2. The Bertz CT molecular complexity index is 356. The molecule has 1 aliphatic rings. The predicted octanol–water partition coefficient (Wildman–Crippen LogP) is 1.64. The van der Waals surface area contributed by atoms with Gasteiger partial charge in [-0.1, -0.05) is 11.6 Å². The van der Waals surface area contributed by atoms with Gasteiger partial charge in [-0.3, -0.25) is 0 Å². The van der Waals surface area contributed by atoms with Gasteiger partial charge in [0.05, 0.1) is 0 Å². The number of hydrogen-bond donors (Lipinski definition) is 3. The van der Waals surface area contributed by atoms with Crippen LogP contribution in [0, 0.1) is 5.92 Å². The molecule has 5 N–H and O–H groups in total. The van der Waals surface area contributed by atoms with Crippen LogP contribution in [0.5, 0.6) is 0 Å². The largest absolute Gasteiger partial charge is 0.383 e. The number of anilines is 2. The Balaban J connectivity index is 1.85. The predicted molar refractivity (Wildman–Crippen MR) is 69.9 cm³/mol. The molecule has 6 heteroatoms. The molecule has 1 heterocycles. The van der Waals surface area contributed by atoms with Crippen molar-refractivity contribution in [1.29, 1.82) is 0 Å². The molecule has 0 saturated heterocycles. The summed E-state index contributed by atoms with van der Waals surface area (Å²) in [6.45, 7) is 0.854. The first-order chi connectivity index (χ1) is 8.13. The summed E-state index contributed by atoms with van der Waals surface area (Å²) < 4.78 is 0. The van der Waals surface area contributed by atoms with E-state index in [-0.39, 0.29) is 0 Å². The highest BCUT2D eigenvalue weighted by molar-refractivity contribution is 6.29. The zero-order chi connectivity index (χ0) is 12.3. The Morgan fingerprint density at radius 3 is 2.65 bits per heavy atom. The lowest BCUT2D eigenvalue weighted by Crippen LogP contribution is -2.29. The molecule has 0 atom stereocenters. The number of rotatable bonds is 3. The zero-order valence-corrected chi connectivity index (χ0v) is 10.5. The number of hydrogen-bond acceptors (Lipinski definition) is 5. The standard InChI is InChI=1S/C11H18ClN5/c12-9-5-10(14)17-11(16-9)15-6-7-1-3-8(13)4-2-7/h5,7-8H,1-4,6,13H2,(H3,14,15,16,17). The number of halogens is 1. The summed E-state index contributed by atoms with van der Waals surface area (Å²) in [7, 11) is 0. The smallest absolute Gasteiger partial charge is 0.226 e. The fourth-order valence-electron chi connectivity index (χ4n) is 2.14. The summed E-state index contributed by atoms with van der Waals surface area (Å²) in [5, 5.41) is 3.55. The van der Waals surface area contributed by atoms with Crippen molar-refractivity contribution in [2.75, 3.05) is 17.6 Å². The van der Waals surface area contributed by atoms with Gasteiger partial charge in [-0.15, -0.1) is 0 Å². The number of aromatic nitrogens is 2. The molecule has 0 bridgehead atoms. The molecule has 94 valence electrons. The van der Waals surface area contributed by atoms with Crippen molar-refractivity contribution in [3.63, 3.8) is 0 Å². The highest BCUT2D eigenvalue weighted by atomic mass is 35.5. The summed E-state index contributed by atoms with van der Waals surface area (Å²) in [4.78, 5) is 8.15. The molecule has 0 unspecified atom stereocenters. The minimum atomic E-state index is 0.366. The fourth-order valence-corrected chi connectivity index (χ4v) is 2.33. The maximum atomic E-state index is 5.86. The molecular formula is C11H18ClN5. The van der Waals surface area contributed by atoms with Crippen LogP contribution >= 0.6 is 11.6 Å². The van der Waals surface area contributed by atoms with Crippen LogP contribution < -0.4 is 16.8 Å². The first kappa shape index (κ1) is 12.4. The molecule has 1 fully saturated rings. The monoisotopic (exact) mass is 255 g/mol. The van der Waals surface area contributed by atoms with Crippen LogP contribution in [0.3, 0.4) is 0 Å². The van der Waals surface area contributed by atoms with Gasteiger partial charge < -0.3 is 16.8 Å². The summed E-state index contributed by atoms with van der Waals surface area (Å²) >= 11 is 5.80. The molecule has 5 nitrogen and oxygen atoms in total. The third-order valence-electron chi connectivity index (χ3n) is 3.15. The lowest BCUT2D eigenvalue weighted by Gasteiger charge is -2.26. The molecule has 0 spiro atoms. The van der Waals surface area contributed by atoms with Crippen LogP contribution in [0.15, 0.2) is 6.07 Å². The average molecular weight is 256 g/mol. The van der Waals surface area contributed by atoms with E-state index in [2.05, 4.69) is 15.3 Å². The Kier molecular flexibility index (Phi) is 4.02. The lowest BCUT2D eigenvalue weighted by molar-refractivity contribution is 0.338. The third kappa shape index (κ3) is 3.71. The topological polar surface area (TPSA) is 89.8 Å². The molecular weight excluding hydrogens is 238 g/mol. The van der Waals surface area contributed by atoms with Crippen LogP contribution in [0.4, 0.5) is 11.8 Å². The van der Waals surface area contributed by atoms with E-state index in [1.54, 1.807) is 0 Å². The summed E-state index contributed by atoms with van der Waals surface area (Å²) in [5.41, 5.74) is 11.5. The van der Waals surface area contributed by atoms with Gasteiger partial charge in [0.15, 0.2) is 0 Å². The van der Waals surface area contributed by atoms with Crippen LogP contribution in [0.2, 0.25) is 5.15 Å². The van der Waals surface area contributed by atoms with Crippen molar-refractivity contribution in [2.45, 2.75) is 31.7 Å². The van der Waals surface area contributed by atoms with Gasteiger partial charge in [-0.2, -0.15) is 4.98 Å². The molecule has 0 aromatic carbocycles. The van der Waals surface area contributed by atoms with E-state index in [0.717, 1.165) is 32.2 Å². The SMILES string of the molecule is Nc1cc(Cl)nc(NCC2CCC(N)CC2)n1. The Morgan fingerprint density at radius 1 is 1.29 bits per heavy atom. The maximum Gasteiger partial charge on any atom is 0.226 e. The van der Waals surface area contributed by atoms with Gasteiger partial charge in [0.1, 0.15) is 11.0 Å². The molecule has 17 heavy (non-hydrogen) atoms. The molecule has 1 aromatic heterocycles. The lowest BCUT2D eigenvalue weighted by atomic mass is 9.86. The van der Waals surface area contributed by atoms with Crippen molar-refractivity contribution < 1.29 is 0 Å². The van der Waals surface area contributed by atoms with Gasteiger partial charge in [-0.05, 0) is 31.6 Å². The van der Waals surface area contributed by atoms with E-state index in [9.17, 15) is 0 Å². The molecule has 1 saturated carbocycles. The highest BCUT2D eigenvalue weighted by Gasteiger charge is 2.18. The fraction of sp³-hybridized carbons (Fsp3) is 0.636. The third-order valence-corrected chi connectivity index (χ3v) is 3.35. The Labute approximate surface area is 106 Å². The molecule has 0 radical (unpaired) electrons. The molecule has 1 aliphatic carbocycles. The first-order valence-corrected chi connectivity index (χ1v) is 6.31. The number of nitrogens with zero attached hydrogens (tertiary/aromatic N) is 2. The average Bonchev–Trinajstić information content (AvgIpc) is 2.27. The van der Waals surface area contributed by atoms with Gasteiger partial charge in [0, 0.05) is 18.7 Å². The second-order valence-electron chi connectivity index (χ2n) is 4.60. The second kappa shape index (κ2) is 5.51. The van der Waals surface area contributed by atoms with E-state index in [1.807, 2.05) is 0 Å². The summed E-state index contributed by atoms with van der Waals surface area (Å²) in [6.07, 6.45) is 4.52. The van der Waals surface area contributed by atoms with E-state index in [1.165, 1.54) is 6.07 Å². The summed E-state index contributed by atoms with van der Waals surface area (Å²) in [6, 6.07) is 1.91. The second-order valence-corrected chi connectivity index (χ2v) is 4.99. The van der Waals surface area contributed by atoms with Gasteiger partial charge in [-0.25, -0.2) is 4.98 Å². The minimum absolute atomic E-state index is 0.366. The Hall–Kier alpha value is -1.07. The van der Waals surface area contributed by atoms with Gasteiger partial charge in [0.2, 0.25) is 5.95 Å². The minimum Gasteiger partial charge on any atom is -0.383 e. The quantitative estimate of drug-likeness (QED) is 0.715. The summed E-state index contributed by atoms with van der Waals surface area (Å²) in [5.74, 6) is 1.53. The number of nitrogens with one attached hydrogen (secondary N) is 1. The van der Waals surface area contributed by atoms with Crippen LogP contribution in [-0.4, -0.2) is 22.6 Å². The van der Waals surface area contributed by atoms with E-state index in [0.29, 0.717) is 28.9 Å². The van der Waals surface area contributed by atoms with E-state index < -0.39 is 0 Å². The number of nitrogen functional groups attached to an aromatic ring is 1. The van der Waals surface area contributed by atoms with Crippen LogP contribution in [-0.2, 0) is 0 Å². The highest BCUT2D eigenvalue weighted by Crippen LogP contribution is 2.23. The molecule has 0 amide bonds. The van der Waals surface area contributed by atoms with Crippen molar-refractivity contribution in [2.24, 2.45) is 11.7 Å². The molecule has 0 aliphatic heterocycles. The molecule has 2 rings (SSSR count). The van der Waals surface area contributed by atoms with E-state index >= 15 is 0 Å². The van der Waals surface area contributed by atoms with Crippen LogP contribution in [0.1, 0.15) is 25.7 Å². The van der Waals surface area contributed by atoms with Crippen molar-refractivity contribution in [1.82, 2.24) is 9.97 Å². The first-order valence-electron chi connectivity index (χ1n) is 5.93. The Morgan fingerprint density at radius 2 is 2.00 bits per heavy atom. The van der Waals surface area contributed by atoms with Gasteiger partial charge in [0.25, 0.3) is 0 Å². The normalized spacial score (nSPS) is 24.6. The van der Waals surface area contributed by atoms with Crippen molar-refractivity contribution in [3.8, 4) is 0 Å².